The second kappa shape index (κ2) is 8.77. The topological polar surface area (TPSA) is 39.7 Å². The van der Waals surface area contributed by atoms with Gasteiger partial charge in [-0.25, -0.2) is 0 Å². The predicted molar refractivity (Wildman–Crippen MR) is 77.0 cm³/mol. The second-order valence-electron chi connectivity index (χ2n) is 4.48. The molecule has 1 aromatic rings. The second-order valence-corrected chi connectivity index (χ2v) is 4.48. The number of hydrogen-bond acceptors (Lipinski definition) is 4. The Labute approximate surface area is 116 Å². The minimum absolute atomic E-state index is 0.214. The van der Waals surface area contributed by atoms with Gasteiger partial charge in [-0.1, -0.05) is 6.92 Å². The normalized spacial score (nSPS) is 12.2. The highest BCUT2D eigenvalue weighted by Crippen LogP contribution is 2.25. The van der Waals surface area contributed by atoms with Gasteiger partial charge in [0.1, 0.15) is 11.5 Å². The molecule has 0 aliphatic rings. The lowest BCUT2D eigenvalue weighted by Crippen LogP contribution is -2.20. The van der Waals surface area contributed by atoms with Gasteiger partial charge in [-0.3, -0.25) is 0 Å². The summed E-state index contributed by atoms with van der Waals surface area (Å²) in [7, 11) is 3.37. The Kier molecular flexibility index (Phi) is 7.30. The van der Waals surface area contributed by atoms with E-state index in [1.54, 1.807) is 14.2 Å². The van der Waals surface area contributed by atoms with Crippen LogP contribution in [-0.4, -0.2) is 33.5 Å². The molecule has 19 heavy (non-hydrogen) atoms. The van der Waals surface area contributed by atoms with Crippen molar-refractivity contribution in [1.29, 1.82) is 0 Å². The molecule has 0 saturated heterocycles. The van der Waals surface area contributed by atoms with Crippen molar-refractivity contribution in [2.24, 2.45) is 0 Å². The summed E-state index contributed by atoms with van der Waals surface area (Å²) < 4.78 is 16.2. The lowest BCUT2D eigenvalue weighted by molar-refractivity contribution is 0.198. The number of rotatable bonds is 9. The molecule has 0 amide bonds. The molecule has 0 saturated carbocycles. The standard InChI is InChI=1S/C15H25NO3/c1-5-12(2)19-15-7-6-14(18-4)10-13(15)11-16-8-9-17-3/h6-7,10,12,16H,5,8-9,11H2,1-4H3. The summed E-state index contributed by atoms with van der Waals surface area (Å²) in [6.07, 6.45) is 1.20. The molecule has 1 aromatic carbocycles. The molecular weight excluding hydrogens is 242 g/mol. The number of methoxy groups -OCH3 is 2. The number of nitrogens with one attached hydrogen (secondary N) is 1. The molecule has 0 spiro atoms. The van der Waals surface area contributed by atoms with Crippen molar-refractivity contribution in [1.82, 2.24) is 5.32 Å². The minimum atomic E-state index is 0.214. The molecular formula is C15H25NO3. The van der Waals surface area contributed by atoms with Crippen LogP contribution < -0.4 is 14.8 Å². The van der Waals surface area contributed by atoms with Crippen molar-refractivity contribution in [3.63, 3.8) is 0 Å². The van der Waals surface area contributed by atoms with Gasteiger partial charge < -0.3 is 19.5 Å². The molecule has 0 aliphatic heterocycles. The van der Waals surface area contributed by atoms with Gasteiger partial charge in [0.25, 0.3) is 0 Å². The molecule has 1 N–H and O–H groups in total. The van der Waals surface area contributed by atoms with E-state index in [0.717, 1.165) is 36.6 Å². The van der Waals surface area contributed by atoms with Crippen molar-refractivity contribution in [3.05, 3.63) is 23.8 Å². The van der Waals surface area contributed by atoms with Crippen molar-refractivity contribution in [3.8, 4) is 11.5 Å². The van der Waals surface area contributed by atoms with E-state index in [2.05, 4.69) is 19.2 Å². The lowest BCUT2D eigenvalue weighted by Gasteiger charge is -2.17. The zero-order valence-corrected chi connectivity index (χ0v) is 12.4. The number of benzene rings is 1. The van der Waals surface area contributed by atoms with E-state index in [1.807, 2.05) is 18.2 Å². The first-order valence-corrected chi connectivity index (χ1v) is 6.74. The lowest BCUT2D eigenvalue weighted by atomic mass is 10.1. The molecule has 0 aliphatic carbocycles. The predicted octanol–water partition coefficient (Wildman–Crippen LogP) is 2.61. The smallest absolute Gasteiger partial charge is 0.124 e. The maximum atomic E-state index is 5.92. The average molecular weight is 267 g/mol. The van der Waals surface area contributed by atoms with E-state index in [9.17, 15) is 0 Å². The van der Waals surface area contributed by atoms with Crippen molar-refractivity contribution in [2.45, 2.75) is 32.9 Å². The quantitative estimate of drug-likeness (QED) is 0.698. The first-order chi connectivity index (χ1) is 9.21. The van der Waals surface area contributed by atoms with Gasteiger partial charge >= 0.3 is 0 Å². The van der Waals surface area contributed by atoms with Gasteiger partial charge in [-0.2, -0.15) is 0 Å². The molecule has 0 radical (unpaired) electrons. The molecule has 4 heteroatoms. The molecule has 108 valence electrons. The Hall–Kier alpha value is -1.26. The monoisotopic (exact) mass is 267 g/mol. The van der Waals surface area contributed by atoms with Crippen LogP contribution in [0.4, 0.5) is 0 Å². The first kappa shape index (κ1) is 15.8. The van der Waals surface area contributed by atoms with Crippen LogP contribution in [0.2, 0.25) is 0 Å². The first-order valence-electron chi connectivity index (χ1n) is 6.74. The van der Waals surface area contributed by atoms with E-state index in [1.165, 1.54) is 0 Å². The van der Waals surface area contributed by atoms with E-state index in [-0.39, 0.29) is 6.10 Å². The van der Waals surface area contributed by atoms with Crippen LogP contribution in [0.15, 0.2) is 18.2 Å². The van der Waals surface area contributed by atoms with E-state index < -0.39 is 0 Å². The molecule has 0 bridgehead atoms. The highest BCUT2D eigenvalue weighted by atomic mass is 16.5. The molecule has 4 nitrogen and oxygen atoms in total. The van der Waals surface area contributed by atoms with Crippen LogP contribution in [0.3, 0.4) is 0 Å². The van der Waals surface area contributed by atoms with Gasteiger partial charge in [0, 0.05) is 25.8 Å². The highest BCUT2D eigenvalue weighted by molar-refractivity contribution is 5.40. The maximum Gasteiger partial charge on any atom is 0.124 e. The van der Waals surface area contributed by atoms with Gasteiger partial charge in [-0.15, -0.1) is 0 Å². The third-order valence-corrected chi connectivity index (χ3v) is 2.97. The third kappa shape index (κ3) is 5.49. The van der Waals surface area contributed by atoms with E-state index in [0.29, 0.717) is 6.61 Å². The molecule has 1 unspecified atom stereocenters. The fourth-order valence-electron chi connectivity index (χ4n) is 1.63. The Morgan fingerprint density at radius 3 is 2.68 bits per heavy atom. The zero-order chi connectivity index (χ0) is 14.1. The van der Waals surface area contributed by atoms with Crippen LogP contribution in [-0.2, 0) is 11.3 Å². The Morgan fingerprint density at radius 2 is 2.05 bits per heavy atom. The van der Waals surface area contributed by atoms with Crippen LogP contribution in [0.1, 0.15) is 25.8 Å². The molecule has 1 atom stereocenters. The Bertz CT molecular complexity index is 368. The summed E-state index contributed by atoms with van der Waals surface area (Å²) in [6, 6.07) is 5.91. The number of ether oxygens (including phenoxy) is 3. The SMILES string of the molecule is CCC(C)Oc1ccc(OC)cc1CNCCOC. The summed E-state index contributed by atoms with van der Waals surface area (Å²) in [4.78, 5) is 0. The molecule has 1 rings (SSSR count). The van der Waals surface area contributed by atoms with Gasteiger partial charge in [-0.05, 0) is 31.5 Å². The maximum absolute atomic E-state index is 5.92. The van der Waals surface area contributed by atoms with Crippen LogP contribution in [0, 0.1) is 0 Å². The minimum Gasteiger partial charge on any atom is -0.497 e. The van der Waals surface area contributed by atoms with Crippen LogP contribution in [0.5, 0.6) is 11.5 Å². The molecule has 0 aromatic heterocycles. The summed E-state index contributed by atoms with van der Waals surface area (Å²) in [5.74, 6) is 1.76. The zero-order valence-electron chi connectivity index (χ0n) is 12.4. The molecule has 0 heterocycles. The largest absolute Gasteiger partial charge is 0.497 e. The summed E-state index contributed by atoms with van der Waals surface area (Å²) in [5.41, 5.74) is 1.11. The van der Waals surface area contributed by atoms with Gasteiger partial charge in [0.2, 0.25) is 0 Å². The Morgan fingerprint density at radius 1 is 1.26 bits per heavy atom. The Balaban J connectivity index is 2.71. The molecule has 0 fully saturated rings. The highest BCUT2D eigenvalue weighted by Gasteiger charge is 2.08. The third-order valence-electron chi connectivity index (χ3n) is 2.97. The average Bonchev–Trinajstić information content (AvgIpc) is 2.44. The van der Waals surface area contributed by atoms with E-state index in [4.69, 9.17) is 14.2 Å². The summed E-state index contributed by atoms with van der Waals surface area (Å²) >= 11 is 0. The van der Waals surface area contributed by atoms with Gasteiger partial charge in [0.05, 0.1) is 19.8 Å². The summed E-state index contributed by atoms with van der Waals surface area (Å²) in [5, 5.41) is 3.33. The van der Waals surface area contributed by atoms with Crippen LogP contribution in [0.25, 0.3) is 0 Å². The fourth-order valence-corrected chi connectivity index (χ4v) is 1.63. The van der Waals surface area contributed by atoms with Crippen molar-refractivity contribution >= 4 is 0 Å². The van der Waals surface area contributed by atoms with Crippen molar-refractivity contribution in [2.75, 3.05) is 27.4 Å². The van der Waals surface area contributed by atoms with Crippen molar-refractivity contribution < 1.29 is 14.2 Å². The van der Waals surface area contributed by atoms with E-state index >= 15 is 0 Å². The fraction of sp³-hybridized carbons (Fsp3) is 0.600. The number of hydrogen-bond donors (Lipinski definition) is 1. The van der Waals surface area contributed by atoms with Gasteiger partial charge in [0.15, 0.2) is 0 Å². The summed E-state index contributed by atoms with van der Waals surface area (Å²) in [6.45, 7) is 6.45. The van der Waals surface area contributed by atoms with Crippen LogP contribution >= 0.6 is 0 Å².